The van der Waals surface area contributed by atoms with Crippen LogP contribution in [0.3, 0.4) is 0 Å². The highest BCUT2D eigenvalue weighted by Crippen LogP contribution is 2.37. The maximum atomic E-state index is 12.2. The number of nitrogens with one attached hydrogen (secondary N) is 2. The summed E-state index contributed by atoms with van der Waals surface area (Å²) in [6, 6.07) is 0. The summed E-state index contributed by atoms with van der Waals surface area (Å²) in [5.41, 5.74) is 0.720. The average molecular weight is 397 g/mol. The maximum Gasteiger partial charge on any atom is 0.407 e. The number of alkyl carbamates (subject to hydrolysis) is 1. The summed E-state index contributed by atoms with van der Waals surface area (Å²) in [5.74, 6) is -0.0373. The number of aryl methyl sites for hydroxylation is 1. The van der Waals surface area contributed by atoms with Gasteiger partial charge >= 0.3 is 6.09 Å². The Bertz CT molecular complexity index is 652. The van der Waals surface area contributed by atoms with Crippen molar-refractivity contribution in [3.63, 3.8) is 0 Å². The molecular formula is C19H32N4O3S. The number of aromatic nitrogens is 1. The van der Waals surface area contributed by atoms with Crippen LogP contribution in [0.1, 0.15) is 63.1 Å². The zero-order valence-electron chi connectivity index (χ0n) is 17.1. The molecule has 0 spiro atoms. The second-order valence-electron chi connectivity index (χ2n) is 8.48. The summed E-state index contributed by atoms with van der Waals surface area (Å²) in [4.78, 5) is 31.9. The lowest BCUT2D eigenvalue weighted by Crippen LogP contribution is -2.29. The van der Waals surface area contributed by atoms with Crippen LogP contribution in [-0.2, 0) is 16.0 Å². The van der Waals surface area contributed by atoms with E-state index in [0.29, 0.717) is 18.1 Å². The molecule has 27 heavy (non-hydrogen) atoms. The van der Waals surface area contributed by atoms with E-state index in [9.17, 15) is 9.59 Å². The second kappa shape index (κ2) is 9.50. The van der Waals surface area contributed by atoms with Crippen LogP contribution in [-0.4, -0.2) is 49.1 Å². The van der Waals surface area contributed by atoms with Gasteiger partial charge in [-0.1, -0.05) is 20.8 Å². The molecule has 1 heterocycles. The third kappa shape index (κ3) is 7.46. The number of ether oxygens (including phenoxy) is 1. The Morgan fingerprint density at radius 1 is 1.33 bits per heavy atom. The summed E-state index contributed by atoms with van der Waals surface area (Å²) < 4.78 is 5.59. The molecule has 2 rings (SSSR count). The van der Waals surface area contributed by atoms with Crippen LogP contribution in [0, 0.1) is 5.41 Å². The third-order valence-corrected chi connectivity index (χ3v) is 5.19. The lowest BCUT2D eigenvalue weighted by atomic mass is 9.92. The molecule has 2 N–H and O–H groups in total. The molecule has 1 aromatic rings. The number of anilines is 1. The number of carbonyl (C=O) groups excluding carboxylic acids is 2. The minimum Gasteiger partial charge on any atom is -0.440 e. The van der Waals surface area contributed by atoms with Crippen molar-refractivity contribution in [2.45, 2.75) is 59.0 Å². The van der Waals surface area contributed by atoms with Gasteiger partial charge in [0.1, 0.15) is 6.10 Å². The fraction of sp³-hybridized carbons (Fsp3) is 0.737. The summed E-state index contributed by atoms with van der Waals surface area (Å²) in [6.45, 7) is 7.58. The minimum absolute atomic E-state index is 0.0373. The molecule has 0 radical (unpaired) electrons. The lowest BCUT2D eigenvalue weighted by molar-refractivity contribution is -0.117. The Hall–Kier alpha value is -1.67. The van der Waals surface area contributed by atoms with Crippen LogP contribution in [0.25, 0.3) is 0 Å². The number of carbonyl (C=O) groups is 2. The molecule has 1 aliphatic carbocycles. The van der Waals surface area contributed by atoms with Gasteiger partial charge in [-0.3, -0.25) is 4.79 Å². The Balaban J connectivity index is 1.90. The van der Waals surface area contributed by atoms with Gasteiger partial charge in [-0.25, -0.2) is 9.78 Å². The van der Waals surface area contributed by atoms with Crippen molar-refractivity contribution < 1.29 is 14.3 Å². The number of amides is 2. The van der Waals surface area contributed by atoms with Gasteiger partial charge in [0, 0.05) is 17.8 Å². The fourth-order valence-electron chi connectivity index (χ4n) is 2.95. The largest absolute Gasteiger partial charge is 0.440 e. The smallest absolute Gasteiger partial charge is 0.407 e. The van der Waals surface area contributed by atoms with Crippen LogP contribution in [0.15, 0.2) is 0 Å². The molecule has 0 saturated heterocycles. The summed E-state index contributed by atoms with van der Waals surface area (Å²) >= 11 is 1.48. The topological polar surface area (TPSA) is 83.6 Å². The van der Waals surface area contributed by atoms with Crippen molar-refractivity contribution in [1.82, 2.24) is 15.2 Å². The normalized spacial score (nSPS) is 16.7. The number of thiazole rings is 1. The van der Waals surface area contributed by atoms with E-state index in [2.05, 4.69) is 20.5 Å². The first-order chi connectivity index (χ1) is 12.6. The van der Waals surface area contributed by atoms with Crippen LogP contribution in [0.4, 0.5) is 9.93 Å². The second-order valence-corrected chi connectivity index (χ2v) is 9.57. The average Bonchev–Trinajstić information content (AvgIpc) is 2.92. The van der Waals surface area contributed by atoms with E-state index in [1.165, 1.54) is 11.3 Å². The standard InChI is InChI=1S/C19H32N4O3S/c1-19(2,3)12-15(24)21-17-22-16-13(8-6-9-14(16)27-17)26-18(25)20-10-7-11-23(4)5/h13H,6-12H2,1-5H3,(H,20,25)(H,21,22,24). The highest BCUT2D eigenvalue weighted by molar-refractivity contribution is 7.15. The van der Waals surface area contributed by atoms with Gasteiger partial charge in [0.25, 0.3) is 0 Å². The molecule has 8 heteroatoms. The third-order valence-electron chi connectivity index (χ3n) is 4.14. The molecule has 7 nitrogen and oxygen atoms in total. The van der Waals surface area contributed by atoms with E-state index in [4.69, 9.17) is 4.74 Å². The first-order valence-electron chi connectivity index (χ1n) is 9.53. The maximum absolute atomic E-state index is 12.2. The molecule has 0 aromatic carbocycles. The molecule has 1 atom stereocenters. The molecule has 0 aliphatic heterocycles. The van der Waals surface area contributed by atoms with Gasteiger partial charge in [0.15, 0.2) is 5.13 Å². The molecule has 1 aromatic heterocycles. The predicted molar refractivity (Wildman–Crippen MR) is 108 cm³/mol. The SMILES string of the molecule is CN(C)CCCNC(=O)OC1CCCc2sc(NC(=O)CC(C)(C)C)nc21. The van der Waals surface area contributed by atoms with Crippen molar-refractivity contribution >= 4 is 28.5 Å². The predicted octanol–water partition coefficient (Wildman–Crippen LogP) is 3.57. The quantitative estimate of drug-likeness (QED) is 0.689. The van der Waals surface area contributed by atoms with Gasteiger partial charge in [-0.2, -0.15) is 0 Å². The highest BCUT2D eigenvalue weighted by atomic mass is 32.1. The molecule has 0 saturated carbocycles. The highest BCUT2D eigenvalue weighted by Gasteiger charge is 2.28. The van der Waals surface area contributed by atoms with Crippen LogP contribution in [0.2, 0.25) is 0 Å². The van der Waals surface area contributed by atoms with Crippen molar-refractivity contribution in [3.05, 3.63) is 10.6 Å². The zero-order chi connectivity index (χ0) is 20.0. The monoisotopic (exact) mass is 396 g/mol. The van der Waals surface area contributed by atoms with E-state index < -0.39 is 6.09 Å². The van der Waals surface area contributed by atoms with Gasteiger partial charge in [-0.05, 0) is 51.7 Å². The van der Waals surface area contributed by atoms with E-state index >= 15 is 0 Å². The Labute approximate surface area is 165 Å². The molecule has 1 unspecified atom stereocenters. The summed E-state index contributed by atoms with van der Waals surface area (Å²) in [7, 11) is 4.00. The number of fused-ring (bicyclic) bond motifs is 1. The molecule has 1 aliphatic rings. The first kappa shape index (κ1) is 21.6. The van der Waals surface area contributed by atoms with E-state index in [1.54, 1.807) is 0 Å². The fourth-order valence-corrected chi connectivity index (χ4v) is 4.02. The lowest BCUT2D eigenvalue weighted by Gasteiger charge is -2.21. The molecule has 0 fully saturated rings. The number of nitrogens with zero attached hydrogens (tertiary/aromatic N) is 2. The Morgan fingerprint density at radius 3 is 2.74 bits per heavy atom. The van der Waals surface area contributed by atoms with Crippen molar-refractivity contribution in [2.75, 3.05) is 32.5 Å². The van der Waals surface area contributed by atoms with Crippen molar-refractivity contribution in [3.8, 4) is 0 Å². The Morgan fingerprint density at radius 2 is 2.07 bits per heavy atom. The first-order valence-corrected chi connectivity index (χ1v) is 10.3. The number of hydrogen-bond acceptors (Lipinski definition) is 6. The van der Waals surface area contributed by atoms with E-state index in [-0.39, 0.29) is 17.4 Å². The van der Waals surface area contributed by atoms with Crippen LogP contribution >= 0.6 is 11.3 Å². The van der Waals surface area contributed by atoms with Gasteiger partial charge in [0.2, 0.25) is 5.91 Å². The summed E-state index contributed by atoms with van der Waals surface area (Å²) in [5, 5.41) is 6.28. The van der Waals surface area contributed by atoms with E-state index in [0.717, 1.165) is 42.8 Å². The van der Waals surface area contributed by atoms with Gasteiger partial charge < -0.3 is 20.3 Å². The van der Waals surface area contributed by atoms with Crippen molar-refractivity contribution in [1.29, 1.82) is 0 Å². The Kier molecular flexibility index (Phi) is 7.61. The van der Waals surface area contributed by atoms with Crippen LogP contribution < -0.4 is 10.6 Å². The zero-order valence-corrected chi connectivity index (χ0v) is 17.9. The molecule has 2 amide bonds. The minimum atomic E-state index is -0.405. The molecular weight excluding hydrogens is 364 g/mol. The number of hydrogen-bond donors (Lipinski definition) is 2. The molecule has 152 valence electrons. The van der Waals surface area contributed by atoms with Gasteiger partial charge in [0.05, 0.1) is 5.69 Å². The van der Waals surface area contributed by atoms with E-state index in [1.807, 2.05) is 34.9 Å². The van der Waals surface area contributed by atoms with Crippen LogP contribution in [0.5, 0.6) is 0 Å². The number of rotatable bonds is 7. The van der Waals surface area contributed by atoms with Crippen molar-refractivity contribution in [2.24, 2.45) is 5.41 Å². The summed E-state index contributed by atoms with van der Waals surface area (Å²) in [6.07, 6.45) is 3.18. The molecule has 0 bridgehead atoms. The van der Waals surface area contributed by atoms with Gasteiger partial charge in [-0.15, -0.1) is 11.3 Å².